The van der Waals surface area contributed by atoms with Gasteiger partial charge in [0.05, 0.1) is 17.3 Å². The van der Waals surface area contributed by atoms with E-state index in [1.165, 1.54) is 0 Å². The minimum Gasteiger partial charge on any atom is -0.449 e. The molecule has 0 fully saturated rings. The lowest BCUT2D eigenvalue weighted by molar-refractivity contribution is 0.162. The Morgan fingerprint density at radius 1 is 1.42 bits per heavy atom. The molecule has 0 bridgehead atoms. The molecule has 0 saturated carbocycles. The molecule has 2 aromatic rings. The fraction of sp³-hybridized carbons (Fsp3) is 0.231. The second kappa shape index (κ2) is 6.38. The maximum atomic E-state index is 11.6. The molecule has 0 atom stereocenters. The molecule has 1 amide bonds. The molecule has 0 unspecified atom stereocenters. The zero-order chi connectivity index (χ0) is 13.7. The molecular weight excluding hydrogens is 310 g/mol. The first-order valence-electron chi connectivity index (χ1n) is 5.82. The van der Waals surface area contributed by atoms with Crippen molar-refractivity contribution in [3.63, 3.8) is 0 Å². The standard InChI is InChI=1S/C13H14BrN3O2/c1-17-12(11(14)9-15-17)16-13(18)19-8-7-10-5-3-2-4-6-10/h2-6,9H,7-8H2,1H3,(H,16,18). The number of carbonyl (C=O) groups excluding carboxylic acids is 1. The van der Waals surface area contributed by atoms with E-state index in [1.807, 2.05) is 30.3 Å². The maximum absolute atomic E-state index is 11.6. The molecule has 0 saturated heterocycles. The summed E-state index contributed by atoms with van der Waals surface area (Å²) in [7, 11) is 1.74. The summed E-state index contributed by atoms with van der Waals surface area (Å²) in [5.41, 5.74) is 1.14. The van der Waals surface area contributed by atoms with Crippen LogP contribution < -0.4 is 5.32 Å². The minimum atomic E-state index is -0.486. The number of aryl methyl sites for hydroxylation is 1. The van der Waals surface area contributed by atoms with Crippen molar-refractivity contribution in [2.24, 2.45) is 7.05 Å². The highest BCUT2D eigenvalue weighted by Gasteiger charge is 2.10. The quantitative estimate of drug-likeness (QED) is 0.941. The number of nitrogens with zero attached hydrogens (tertiary/aromatic N) is 2. The topological polar surface area (TPSA) is 56.2 Å². The lowest BCUT2D eigenvalue weighted by atomic mass is 10.2. The summed E-state index contributed by atoms with van der Waals surface area (Å²) in [5.74, 6) is 0.574. The number of anilines is 1. The van der Waals surface area contributed by atoms with Crippen molar-refractivity contribution in [3.8, 4) is 0 Å². The number of hydrogen-bond acceptors (Lipinski definition) is 3. The van der Waals surface area contributed by atoms with E-state index in [9.17, 15) is 4.79 Å². The SMILES string of the molecule is Cn1ncc(Br)c1NC(=O)OCCc1ccccc1. The third kappa shape index (κ3) is 3.82. The summed E-state index contributed by atoms with van der Waals surface area (Å²) in [6.07, 6.45) is 1.82. The van der Waals surface area contributed by atoms with E-state index in [0.29, 0.717) is 18.8 Å². The zero-order valence-electron chi connectivity index (χ0n) is 10.5. The highest BCUT2D eigenvalue weighted by Crippen LogP contribution is 2.20. The van der Waals surface area contributed by atoms with Gasteiger partial charge in [-0.15, -0.1) is 0 Å². The smallest absolute Gasteiger partial charge is 0.412 e. The van der Waals surface area contributed by atoms with Gasteiger partial charge >= 0.3 is 6.09 Å². The molecular formula is C13H14BrN3O2. The summed E-state index contributed by atoms with van der Waals surface area (Å²) in [6.45, 7) is 0.339. The van der Waals surface area contributed by atoms with Crippen LogP contribution >= 0.6 is 15.9 Å². The molecule has 5 nitrogen and oxygen atoms in total. The number of amides is 1. The van der Waals surface area contributed by atoms with Crippen LogP contribution in [0.25, 0.3) is 0 Å². The summed E-state index contributed by atoms with van der Waals surface area (Å²) >= 11 is 3.30. The Labute approximate surface area is 119 Å². The van der Waals surface area contributed by atoms with Crippen molar-refractivity contribution in [3.05, 3.63) is 46.6 Å². The van der Waals surface area contributed by atoms with Crippen LogP contribution in [-0.4, -0.2) is 22.5 Å². The molecule has 0 radical (unpaired) electrons. The zero-order valence-corrected chi connectivity index (χ0v) is 12.1. The van der Waals surface area contributed by atoms with E-state index in [2.05, 4.69) is 26.3 Å². The number of halogens is 1. The molecule has 2 rings (SSSR count). The van der Waals surface area contributed by atoms with Gasteiger partial charge in [-0.1, -0.05) is 30.3 Å². The normalized spacial score (nSPS) is 10.2. The van der Waals surface area contributed by atoms with Crippen LogP contribution in [0, 0.1) is 0 Å². The molecule has 0 aliphatic rings. The number of carbonyl (C=O) groups is 1. The second-order valence-electron chi connectivity index (χ2n) is 3.96. The van der Waals surface area contributed by atoms with Crippen LogP contribution in [0.1, 0.15) is 5.56 Å². The number of hydrogen-bond donors (Lipinski definition) is 1. The summed E-state index contributed by atoms with van der Waals surface area (Å²) < 4.78 is 7.39. The Kier molecular flexibility index (Phi) is 4.57. The molecule has 1 N–H and O–H groups in total. The first-order chi connectivity index (χ1) is 9.16. The lowest BCUT2D eigenvalue weighted by Gasteiger charge is -2.07. The predicted octanol–water partition coefficient (Wildman–Crippen LogP) is 2.97. The van der Waals surface area contributed by atoms with Crippen molar-refractivity contribution in [1.29, 1.82) is 0 Å². The molecule has 19 heavy (non-hydrogen) atoms. The molecule has 1 aromatic carbocycles. The van der Waals surface area contributed by atoms with E-state index in [4.69, 9.17) is 4.74 Å². The minimum absolute atomic E-state index is 0.339. The lowest BCUT2D eigenvalue weighted by Crippen LogP contribution is -2.17. The molecule has 0 aliphatic carbocycles. The van der Waals surface area contributed by atoms with Crippen molar-refractivity contribution in [2.45, 2.75) is 6.42 Å². The number of ether oxygens (including phenoxy) is 1. The monoisotopic (exact) mass is 323 g/mol. The second-order valence-corrected chi connectivity index (χ2v) is 4.82. The Morgan fingerprint density at radius 2 is 2.16 bits per heavy atom. The Bertz CT molecular complexity index is 535. The maximum Gasteiger partial charge on any atom is 0.412 e. The van der Waals surface area contributed by atoms with Gasteiger partial charge in [-0.05, 0) is 21.5 Å². The average Bonchev–Trinajstić information content (AvgIpc) is 2.72. The fourth-order valence-electron chi connectivity index (χ4n) is 1.59. The van der Waals surface area contributed by atoms with E-state index in [-0.39, 0.29) is 0 Å². The first kappa shape index (κ1) is 13.6. The first-order valence-corrected chi connectivity index (χ1v) is 6.61. The molecule has 0 spiro atoms. The third-order valence-electron chi connectivity index (χ3n) is 2.58. The van der Waals surface area contributed by atoms with Crippen LogP contribution in [-0.2, 0) is 18.2 Å². The van der Waals surface area contributed by atoms with Gasteiger partial charge in [0.25, 0.3) is 0 Å². The largest absolute Gasteiger partial charge is 0.449 e. The average molecular weight is 324 g/mol. The summed E-state index contributed by atoms with van der Waals surface area (Å²) in [5, 5.41) is 6.63. The van der Waals surface area contributed by atoms with Gasteiger partial charge in [0.2, 0.25) is 0 Å². The molecule has 1 aromatic heterocycles. The van der Waals surface area contributed by atoms with Gasteiger partial charge in [0, 0.05) is 13.5 Å². The van der Waals surface area contributed by atoms with Crippen molar-refractivity contribution in [2.75, 3.05) is 11.9 Å². The fourth-order valence-corrected chi connectivity index (χ4v) is 2.04. The van der Waals surface area contributed by atoms with Gasteiger partial charge in [-0.25, -0.2) is 4.79 Å². The van der Waals surface area contributed by atoms with E-state index in [0.717, 1.165) is 10.0 Å². The molecule has 6 heteroatoms. The molecule has 1 heterocycles. The van der Waals surface area contributed by atoms with Gasteiger partial charge in [0.1, 0.15) is 5.82 Å². The van der Waals surface area contributed by atoms with Crippen LogP contribution in [0.2, 0.25) is 0 Å². The number of aromatic nitrogens is 2. The Morgan fingerprint density at radius 3 is 2.79 bits per heavy atom. The number of nitrogens with one attached hydrogen (secondary N) is 1. The highest BCUT2D eigenvalue weighted by atomic mass is 79.9. The molecule has 0 aliphatic heterocycles. The van der Waals surface area contributed by atoms with E-state index < -0.39 is 6.09 Å². The Balaban J connectivity index is 1.79. The van der Waals surface area contributed by atoms with Gasteiger partial charge < -0.3 is 4.74 Å². The number of rotatable bonds is 4. The Hall–Kier alpha value is -1.82. The van der Waals surface area contributed by atoms with Crippen LogP contribution in [0.15, 0.2) is 41.0 Å². The highest BCUT2D eigenvalue weighted by molar-refractivity contribution is 9.10. The van der Waals surface area contributed by atoms with Crippen LogP contribution in [0.4, 0.5) is 10.6 Å². The van der Waals surface area contributed by atoms with Gasteiger partial charge in [-0.2, -0.15) is 5.10 Å². The molecule has 100 valence electrons. The number of benzene rings is 1. The van der Waals surface area contributed by atoms with Crippen molar-refractivity contribution < 1.29 is 9.53 Å². The van der Waals surface area contributed by atoms with Crippen LogP contribution in [0.3, 0.4) is 0 Å². The summed E-state index contributed by atoms with van der Waals surface area (Å²) in [4.78, 5) is 11.6. The van der Waals surface area contributed by atoms with E-state index in [1.54, 1.807) is 17.9 Å². The van der Waals surface area contributed by atoms with Gasteiger partial charge in [-0.3, -0.25) is 10.00 Å². The van der Waals surface area contributed by atoms with Crippen molar-refractivity contribution >= 4 is 27.8 Å². The van der Waals surface area contributed by atoms with Gasteiger partial charge in [0.15, 0.2) is 0 Å². The van der Waals surface area contributed by atoms with Crippen molar-refractivity contribution in [1.82, 2.24) is 9.78 Å². The predicted molar refractivity (Wildman–Crippen MR) is 76.0 cm³/mol. The third-order valence-corrected chi connectivity index (χ3v) is 3.16. The van der Waals surface area contributed by atoms with Crippen LogP contribution in [0.5, 0.6) is 0 Å². The van der Waals surface area contributed by atoms with E-state index >= 15 is 0 Å². The summed E-state index contributed by atoms with van der Waals surface area (Å²) in [6, 6.07) is 9.87.